The Kier molecular flexibility index (Phi) is 4.62. The molecule has 24 heavy (non-hydrogen) atoms. The topological polar surface area (TPSA) is 68.0 Å². The van der Waals surface area contributed by atoms with Crippen LogP contribution in [0.4, 0.5) is 6.01 Å². The first-order valence-corrected chi connectivity index (χ1v) is 7.85. The highest BCUT2D eigenvalue weighted by Gasteiger charge is 2.13. The van der Waals surface area contributed by atoms with E-state index in [0.717, 1.165) is 11.1 Å². The number of nitrogens with zero attached hydrogens (tertiary/aromatic N) is 2. The molecule has 0 unspecified atom stereocenters. The first kappa shape index (κ1) is 16.2. The predicted octanol–water partition coefficient (Wildman–Crippen LogP) is 4.19. The summed E-state index contributed by atoms with van der Waals surface area (Å²) in [5.74, 6) is 0.0506. The van der Waals surface area contributed by atoms with Crippen LogP contribution in [0, 0.1) is 13.8 Å². The van der Waals surface area contributed by atoms with Crippen molar-refractivity contribution in [3.63, 3.8) is 0 Å². The fraction of sp³-hybridized carbons (Fsp3) is 0.167. The fourth-order valence-corrected chi connectivity index (χ4v) is 2.50. The number of rotatable bonds is 4. The second-order valence-electron chi connectivity index (χ2n) is 5.54. The molecule has 1 N–H and O–H groups in total. The molecule has 2 aromatic carbocycles. The zero-order valence-corrected chi connectivity index (χ0v) is 14.1. The van der Waals surface area contributed by atoms with E-state index in [9.17, 15) is 4.79 Å². The number of benzene rings is 2. The van der Waals surface area contributed by atoms with Crippen LogP contribution in [0.5, 0.6) is 0 Å². The van der Waals surface area contributed by atoms with Crippen LogP contribution in [0.25, 0.3) is 11.5 Å². The molecule has 0 radical (unpaired) electrons. The maximum Gasteiger partial charge on any atom is 0.322 e. The summed E-state index contributed by atoms with van der Waals surface area (Å²) in [5, 5.41) is 10.9. The van der Waals surface area contributed by atoms with Gasteiger partial charge in [-0.1, -0.05) is 47.0 Å². The molecule has 6 heteroatoms. The van der Waals surface area contributed by atoms with Crippen LogP contribution in [0.2, 0.25) is 5.02 Å². The normalized spacial score (nSPS) is 10.6. The van der Waals surface area contributed by atoms with Crippen molar-refractivity contribution < 1.29 is 9.21 Å². The minimum atomic E-state index is -0.215. The summed E-state index contributed by atoms with van der Waals surface area (Å²) in [6, 6.07) is 13.1. The molecule has 0 aliphatic rings. The standard InChI is InChI=1S/C18H16ClN3O2/c1-11-7-8-13(9-12(11)2)10-16(23)20-18-22-21-17(24-18)14-5-3-4-6-15(14)19/h3-9H,10H2,1-2H3,(H,20,22,23). The molecule has 0 fully saturated rings. The molecule has 5 nitrogen and oxygen atoms in total. The van der Waals surface area contributed by atoms with Gasteiger partial charge >= 0.3 is 6.01 Å². The quantitative estimate of drug-likeness (QED) is 0.772. The van der Waals surface area contributed by atoms with E-state index in [-0.39, 0.29) is 24.2 Å². The molecular weight excluding hydrogens is 326 g/mol. The summed E-state index contributed by atoms with van der Waals surface area (Å²) in [6.07, 6.45) is 0.241. The molecule has 0 saturated heterocycles. The third-order valence-corrected chi connectivity index (χ3v) is 4.04. The molecule has 1 heterocycles. The summed E-state index contributed by atoms with van der Waals surface area (Å²) in [7, 11) is 0. The van der Waals surface area contributed by atoms with Crippen LogP contribution in [0.1, 0.15) is 16.7 Å². The van der Waals surface area contributed by atoms with Gasteiger partial charge in [0.15, 0.2) is 0 Å². The van der Waals surface area contributed by atoms with Gasteiger partial charge in [-0.3, -0.25) is 10.1 Å². The zero-order valence-electron chi connectivity index (χ0n) is 13.3. The summed E-state index contributed by atoms with van der Waals surface area (Å²) in [6.45, 7) is 4.05. The number of halogens is 1. The Morgan fingerprint density at radius 2 is 1.92 bits per heavy atom. The largest absolute Gasteiger partial charge is 0.403 e. The van der Waals surface area contributed by atoms with Crippen molar-refractivity contribution in [2.24, 2.45) is 0 Å². The maximum absolute atomic E-state index is 12.1. The summed E-state index contributed by atoms with van der Waals surface area (Å²) in [4.78, 5) is 12.1. The van der Waals surface area contributed by atoms with E-state index in [0.29, 0.717) is 10.6 Å². The van der Waals surface area contributed by atoms with Gasteiger partial charge < -0.3 is 4.42 Å². The van der Waals surface area contributed by atoms with Gasteiger partial charge in [0.1, 0.15) is 0 Å². The number of carbonyl (C=O) groups is 1. The van der Waals surface area contributed by atoms with Crippen molar-refractivity contribution in [2.75, 3.05) is 5.32 Å². The number of hydrogen-bond donors (Lipinski definition) is 1. The van der Waals surface area contributed by atoms with Crippen LogP contribution in [-0.4, -0.2) is 16.1 Å². The lowest BCUT2D eigenvalue weighted by molar-refractivity contribution is -0.115. The molecule has 0 aliphatic heterocycles. The molecule has 1 aromatic heterocycles. The van der Waals surface area contributed by atoms with Gasteiger partial charge in [-0.25, -0.2) is 0 Å². The highest BCUT2D eigenvalue weighted by Crippen LogP contribution is 2.27. The second-order valence-corrected chi connectivity index (χ2v) is 5.94. The smallest absolute Gasteiger partial charge is 0.322 e. The van der Waals surface area contributed by atoms with Gasteiger partial charge in [-0.15, -0.1) is 5.10 Å². The molecule has 0 spiro atoms. The van der Waals surface area contributed by atoms with E-state index < -0.39 is 0 Å². The molecule has 0 atom stereocenters. The van der Waals surface area contributed by atoms with Crippen LogP contribution in [-0.2, 0) is 11.2 Å². The fourth-order valence-electron chi connectivity index (χ4n) is 2.28. The van der Waals surface area contributed by atoms with Gasteiger partial charge in [0, 0.05) is 0 Å². The van der Waals surface area contributed by atoms with Crippen molar-refractivity contribution in [1.82, 2.24) is 10.2 Å². The molecular formula is C18H16ClN3O2. The van der Waals surface area contributed by atoms with E-state index in [2.05, 4.69) is 15.5 Å². The number of nitrogens with one attached hydrogen (secondary N) is 1. The molecule has 3 aromatic rings. The van der Waals surface area contributed by atoms with Crippen molar-refractivity contribution in [2.45, 2.75) is 20.3 Å². The third-order valence-electron chi connectivity index (χ3n) is 3.71. The van der Waals surface area contributed by atoms with E-state index >= 15 is 0 Å². The molecule has 0 aliphatic carbocycles. The van der Waals surface area contributed by atoms with Crippen LogP contribution >= 0.6 is 11.6 Å². The molecule has 0 bridgehead atoms. The van der Waals surface area contributed by atoms with Gasteiger partial charge in [0.2, 0.25) is 5.91 Å². The Balaban J connectivity index is 1.69. The number of carbonyl (C=O) groups excluding carboxylic acids is 1. The molecule has 122 valence electrons. The first-order chi connectivity index (χ1) is 11.5. The number of amides is 1. The van der Waals surface area contributed by atoms with Crippen LogP contribution in [0.15, 0.2) is 46.9 Å². The van der Waals surface area contributed by atoms with E-state index in [4.69, 9.17) is 16.0 Å². The van der Waals surface area contributed by atoms with Crippen LogP contribution < -0.4 is 5.32 Å². The van der Waals surface area contributed by atoms with E-state index in [1.807, 2.05) is 44.2 Å². The maximum atomic E-state index is 12.1. The first-order valence-electron chi connectivity index (χ1n) is 7.47. The average Bonchev–Trinajstić information content (AvgIpc) is 2.99. The monoisotopic (exact) mass is 341 g/mol. The van der Waals surface area contributed by atoms with Gasteiger partial charge in [0.25, 0.3) is 5.89 Å². The van der Waals surface area contributed by atoms with Crippen molar-refractivity contribution in [3.8, 4) is 11.5 Å². The van der Waals surface area contributed by atoms with Crippen LogP contribution in [0.3, 0.4) is 0 Å². The minimum absolute atomic E-state index is 0.0544. The van der Waals surface area contributed by atoms with Crippen molar-refractivity contribution in [1.29, 1.82) is 0 Å². The van der Waals surface area contributed by atoms with Gasteiger partial charge in [0.05, 0.1) is 17.0 Å². The molecule has 1 amide bonds. The lowest BCUT2D eigenvalue weighted by Gasteiger charge is -2.04. The number of anilines is 1. The predicted molar refractivity (Wildman–Crippen MR) is 93.0 cm³/mol. The minimum Gasteiger partial charge on any atom is -0.403 e. The Morgan fingerprint density at radius 1 is 1.12 bits per heavy atom. The van der Waals surface area contributed by atoms with Gasteiger partial charge in [-0.05, 0) is 42.7 Å². The lowest BCUT2D eigenvalue weighted by atomic mass is 10.0. The Bertz CT molecular complexity index is 889. The summed E-state index contributed by atoms with van der Waals surface area (Å²) >= 11 is 6.09. The van der Waals surface area contributed by atoms with E-state index in [1.165, 1.54) is 5.56 Å². The highest BCUT2D eigenvalue weighted by atomic mass is 35.5. The number of aromatic nitrogens is 2. The third kappa shape index (κ3) is 3.63. The second kappa shape index (κ2) is 6.84. The van der Waals surface area contributed by atoms with E-state index in [1.54, 1.807) is 12.1 Å². The molecule has 3 rings (SSSR count). The Labute approximate surface area is 144 Å². The lowest BCUT2D eigenvalue weighted by Crippen LogP contribution is -2.14. The van der Waals surface area contributed by atoms with Crippen molar-refractivity contribution >= 4 is 23.5 Å². The Morgan fingerprint density at radius 3 is 2.67 bits per heavy atom. The van der Waals surface area contributed by atoms with Gasteiger partial charge in [-0.2, -0.15) is 0 Å². The summed E-state index contributed by atoms with van der Waals surface area (Å²) in [5.41, 5.74) is 3.90. The summed E-state index contributed by atoms with van der Waals surface area (Å²) < 4.78 is 5.46. The number of aryl methyl sites for hydroxylation is 2. The Hall–Kier alpha value is -2.66. The van der Waals surface area contributed by atoms with Crippen molar-refractivity contribution in [3.05, 3.63) is 64.2 Å². The molecule has 0 saturated carbocycles. The average molecular weight is 342 g/mol. The highest BCUT2D eigenvalue weighted by molar-refractivity contribution is 6.33. The SMILES string of the molecule is Cc1ccc(CC(=O)Nc2nnc(-c3ccccc3Cl)o2)cc1C. The number of hydrogen-bond acceptors (Lipinski definition) is 4. The zero-order chi connectivity index (χ0) is 17.1.